The van der Waals surface area contributed by atoms with Gasteiger partial charge in [-0.3, -0.25) is 0 Å². The first-order valence-electron chi connectivity index (χ1n) is 9.47. The molecule has 0 spiro atoms. The van der Waals surface area contributed by atoms with Crippen molar-refractivity contribution in [1.29, 1.82) is 0 Å². The first kappa shape index (κ1) is 16.4. The predicted molar refractivity (Wildman–Crippen MR) is 107 cm³/mol. The molecule has 0 aliphatic rings. The number of allylic oxidation sites excluding steroid dienone is 1. The molecule has 0 heterocycles. The van der Waals surface area contributed by atoms with E-state index in [0.717, 1.165) is 22.7 Å². The summed E-state index contributed by atoms with van der Waals surface area (Å²) in [6.07, 6.45) is 2.00. The highest BCUT2D eigenvalue weighted by Gasteiger charge is 2.18. The van der Waals surface area contributed by atoms with Gasteiger partial charge in [0, 0.05) is 13.7 Å². The Labute approximate surface area is 147 Å². The zero-order chi connectivity index (χ0) is 19.3. The van der Waals surface area contributed by atoms with Crippen LogP contribution in [0.2, 0.25) is 19.6 Å². The lowest BCUT2D eigenvalue weighted by Crippen LogP contribution is -2.23. The van der Waals surface area contributed by atoms with Crippen LogP contribution < -0.4 is 0 Å². The van der Waals surface area contributed by atoms with Crippen molar-refractivity contribution in [3.05, 3.63) is 46.3 Å². The molecule has 0 aliphatic carbocycles. The zero-order valence-electron chi connectivity index (χ0n) is 17.8. The zero-order valence-corrected chi connectivity index (χ0v) is 16.8. The van der Waals surface area contributed by atoms with Crippen molar-refractivity contribution in [1.82, 2.24) is 0 Å². The van der Waals surface area contributed by atoms with E-state index in [4.69, 9.17) is 2.74 Å². The highest BCUT2D eigenvalue weighted by molar-refractivity contribution is 6.83. The summed E-state index contributed by atoms with van der Waals surface area (Å²) in [6.45, 7) is 14.9. The summed E-state index contributed by atoms with van der Waals surface area (Å²) in [5, 5.41) is 0.848. The maximum absolute atomic E-state index is 8.48. The molecule has 0 aromatic heterocycles. The van der Waals surface area contributed by atoms with Gasteiger partial charge in [-0.1, -0.05) is 63.0 Å². The Morgan fingerprint density at radius 1 is 1.22 bits per heavy atom. The molecule has 124 valence electrons. The standard InChI is InChI=1S/C22H32Si/c1-8-9-14-21(23(5,6)7)16-15-19-12-10-11-13-20(19)17-18-22(2,3)4/h10-13,15H,8-9,14H2,1-7H3/i14D2. The summed E-state index contributed by atoms with van der Waals surface area (Å²) in [5.41, 5.74) is 5.27. The third kappa shape index (κ3) is 7.55. The molecule has 0 unspecified atom stereocenters. The van der Waals surface area contributed by atoms with Gasteiger partial charge >= 0.3 is 0 Å². The normalized spacial score (nSPS) is 13.2. The van der Waals surface area contributed by atoms with E-state index in [1.165, 1.54) is 0 Å². The number of hydrogen-bond donors (Lipinski definition) is 0. The van der Waals surface area contributed by atoms with E-state index >= 15 is 0 Å². The monoisotopic (exact) mass is 326 g/mol. The Kier molecular flexibility index (Phi) is 5.98. The van der Waals surface area contributed by atoms with Crippen molar-refractivity contribution in [3.8, 4) is 11.8 Å². The average molecular weight is 327 g/mol. The minimum atomic E-state index is -1.82. The second kappa shape index (κ2) is 8.39. The Hall–Kier alpha value is -1.48. The Bertz CT molecular complexity index is 713. The van der Waals surface area contributed by atoms with Crippen molar-refractivity contribution >= 4 is 14.1 Å². The fourth-order valence-electron chi connectivity index (χ4n) is 1.92. The van der Waals surface area contributed by atoms with Crippen LogP contribution in [0.5, 0.6) is 0 Å². The molecule has 1 rings (SSSR count). The molecule has 0 saturated carbocycles. The maximum Gasteiger partial charge on any atom is 0.0823 e. The summed E-state index contributed by atoms with van der Waals surface area (Å²) in [6, 6.07) is 8.02. The lowest BCUT2D eigenvalue weighted by molar-refractivity contribution is 0.571. The predicted octanol–water partition coefficient (Wildman–Crippen LogP) is 6.69. The molecule has 23 heavy (non-hydrogen) atoms. The second-order valence-electron chi connectivity index (χ2n) is 7.93. The van der Waals surface area contributed by atoms with E-state index < -0.39 is 14.4 Å². The van der Waals surface area contributed by atoms with Crippen LogP contribution in [0, 0.1) is 17.3 Å². The van der Waals surface area contributed by atoms with Crippen molar-refractivity contribution < 1.29 is 2.74 Å². The molecular weight excluding hydrogens is 292 g/mol. The largest absolute Gasteiger partial charge is 0.125 e. The Morgan fingerprint density at radius 2 is 1.87 bits per heavy atom. The van der Waals surface area contributed by atoms with Gasteiger partial charge in [0.15, 0.2) is 0 Å². The second-order valence-corrected chi connectivity index (χ2v) is 12.9. The van der Waals surface area contributed by atoms with Gasteiger partial charge in [-0.05, 0) is 56.5 Å². The lowest BCUT2D eigenvalue weighted by atomic mass is 9.96. The molecule has 0 fully saturated rings. The van der Waals surface area contributed by atoms with Gasteiger partial charge < -0.3 is 0 Å². The van der Waals surface area contributed by atoms with E-state index in [2.05, 4.69) is 58.0 Å². The SMILES string of the molecule is [2H]C([2H])(CCC)C(=C=Cc1ccccc1C#CC(C)(C)C)[Si](C)(C)C. The van der Waals surface area contributed by atoms with Crippen LogP contribution in [0.4, 0.5) is 0 Å². The smallest absolute Gasteiger partial charge is 0.0823 e. The highest BCUT2D eigenvalue weighted by Crippen LogP contribution is 2.20. The summed E-state index contributed by atoms with van der Waals surface area (Å²) in [7, 11) is -1.82. The molecule has 0 radical (unpaired) electrons. The number of hydrogen-bond acceptors (Lipinski definition) is 0. The molecular formula is C22H32Si. The number of benzene rings is 1. The van der Waals surface area contributed by atoms with Crippen LogP contribution >= 0.6 is 0 Å². The van der Waals surface area contributed by atoms with E-state index in [9.17, 15) is 0 Å². The summed E-state index contributed by atoms with van der Waals surface area (Å²) < 4.78 is 17.0. The van der Waals surface area contributed by atoms with Gasteiger partial charge in [-0.2, -0.15) is 0 Å². The molecule has 0 bridgehead atoms. The molecule has 1 aromatic carbocycles. The van der Waals surface area contributed by atoms with E-state index in [1.54, 1.807) is 0 Å². The van der Waals surface area contributed by atoms with Gasteiger partial charge in [0.05, 0.1) is 8.07 Å². The van der Waals surface area contributed by atoms with Crippen LogP contribution in [0.15, 0.2) is 35.2 Å². The van der Waals surface area contributed by atoms with Crippen molar-refractivity contribution in [2.24, 2.45) is 5.41 Å². The van der Waals surface area contributed by atoms with Crippen LogP contribution in [0.1, 0.15) is 60.8 Å². The molecule has 1 aromatic rings. The quantitative estimate of drug-likeness (QED) is 0.321. The molecule has 0 aliphatic heterocycles. The van der Waals surface area contributed by atoms with Crippen molar-refractivity contribution in [2.75, 3.05) is 0 Å². The maximum atomic E-state index is 8.48. The third-order valence-electron chi connectivity index (χ3n) is 3.21. The van der Waals surface area contributed by atoms with Gasteiger partial charge in [-0.25, -0.2) is 0 Å². The summed E-state index contributed by atoms with van der Waals surface area (Å²) >= 11 is 0. The fourth-order valence-corrected chi connectivity index (χ4v) is 3.08. The Morgan fingerprint density at radius 3 is 2.43 bits per heavy atom. The van der Waals surface area contributed by atoms with E-state index in [1.807, 2.05) is 37.3 Å². The topological polar surface area (TPSA) is 0 Å². The minimum Gasteiger partial charge on any atom is -0.125 e. The first-order chi connectivity index (χ1) is 11.4. The molecule has 0 nitrogen and oxygen atoms in total. The summed E-state index contributed by atoms with van der Waals surface area (Å²) in [5.74, 6) is 6.54. The van der Waals surface area contributed by atoms with Crippen molar-refractivity contribution in [2.45, 2.75) is 66.6 Å². The molecule has 0 atom stereocenters. The van der Waals surface area contributed by atoms with Gasteiger partial charge in [0.2, 0.25) is 0 Å². The van der Waals surface area contributed by atoms with Crippen molar-refractivity contribution in [3.63, 3.8) is 0 Å². The molecule has 0 N–H and O–H groups in total. The van der Waals surface area contributed by atoms with Crippen LogP contribution in [0.25, 0.3) is 6.08 Å². The van der Waals surface area contributed by atoms with Crippen LogP contribution in [0.3, 0.4) is 0 Å². The minimum absolute atomic E-state index is 0.0468. The van der Waals surface area contributed by atoms with E-state index in [-0.39, 0.29) is 5.41 Å². The first-order valence-corrected chi connectivity index (χ1v) is 12.0. The summed E-state index contributed by atoms with van der Waals surface area (Å²) in [4.78, 5) is 0. The van der Waals surface area contributed by atoms with Gasteiger partial charge in [0.1, 0.15) is 0 Å². The molecule has 0 saturated heterocycles. The average Bonchev–Trinajstić information content (AvgIpc) is 2.43. The fraction of sp³-hybridized carbons (Fsp3) is 0.500. The highest BCUT2D eigenvalue weighted by atomic mass is 28.3. The third-order valence-corrected chi connectivity index (χ3v) is 5.03. The van der Waals surface area contributed by atoms with E-state index in [0.29, 0.717) is 6.42 Å². The van der Waals surface area contributed by atoms with Gasteiger partial charge in [-0.15, -0.1) is 5.73 Å². The lowest BCUT2D eigenvalue weighted by Gasteiger charge is -2.18. The van der Waals surface area contributed by atoms with Gasteiger partial charge in [0.25, 0.3) is 0 Å². The Balaban J connectivity index is 3.46. The van der Waals surface area contributed by atoms with Crippen LogP contribution in [-0.2, 0) is 0 Å². The van der Waals surface area contributed by atoms with Crippen LogP contribution in [-0.4, -0.2) is 8.07 Å². The molecule has 1 heteroatoms. The number of rotatable bonds is 5. The molecule has 0 amide bonds.